The molecule has 0 radical (unpaired) electrons. The average Bonchev–Trinajstić information content (AvgIpc) is 3.71. The van der Waals surface area contributed by atoms with E-state index in [1.54, 1.807) is 0 Å². The lowest BCUT2D eigenvalue weighted by Crippen LogP contribution is -2.28. The summed E-state index contributed by atoms with van der Waals surface area (Å²) >= 11 is 0. The van der Waals surface area contributed by atoms with Gasteiger partial charge in [-0.1, -0.05) is 231 Å². The minimum atomic E-state index is -0.555. The second-order valence-electron chi connectivity index (χ2n) is 17.2. The summed E-state index contributed by atoms with van der Waals surface area (Å²) in [6.45, 7) is 0. The van der Waals surface area contributed by atoms with Crippen LogP contribution in [0.25, 0.3) is 44.9 Å². The fraction of sp³-hybridized carbons (Fsp3) is 0.0156. The van der Waals surface area contributed by atoms with Gasteiger partial charge in [-0.25, -0.2) is 0 Å². The Morgan fingerprint density at radius 1 is 0.448 bits per heavy atom. The monoisotopic (exact) mass is 855 g/mol. The number of rotatable bonds is 9. The molecule has 1 aliphatic carbocycles. The van der Waals surface area contributed by atoms with Gasteiger partial charge in [0, 0.05) is 39.0 Å². The molecule has 0 saturated carbocycles. The maximum atomic E-state index is 9.85. The van der Waals surface area contributed by atoms with Crippen LogP contribution in [0.4, 0.5) is 17.1 Å². The van der Waals surface area contributed by atoms with Crippen molar-refractivity contribution in [2.45, 2.75) is 5.41 Å². The lowest BCUT2D eigenvalue weighted by Gasteiger charge is -2.34. The van der Waals surface area contributed by atoms with Gasteiger partial charge >= 0.3 is 0 Å². The summed E-state index contributed by atoms with van der Waals surface area (Å²) in [5.74, 6) is 0. The summed E-state index contributed by atoms with van der Waals surface area (Å²) < 4.78 is 0. The number of hydrogen-bond acceptors (Lipinski definition) is 3. The summed E-state index contributed by atoms with van der Waals surface area (Å²) in [6.07, 6.45) is 2.27. The minimum absolute atomic E-state index is 0.454. The molecule has 1 aliphatic heterocycles. The van der Waals surface area contributed by atoms with Crippen LogP contribution < -0.4 is 10.2 Å². The van der Waals surface area contributed by atoms with E-state index in [0.717, 1.165) is 67.2 Å². The van der Waals surface area contributed by atoms with Gasteiger partial charge in [-0.3, -0.25) is 5.41 Å². The van der Waals surface area contributed by atoms with Crippen LogP contribution in [0.1, 0.15) is 50.1 Å². The molecule has 3 heteroatoms. The van der Waals surface area contributed by atoms with Crippen LogP contribution in [-0.2, 0) is 5.41 Å². The van der Waals surface area contributed by atoms with Crippen molar-refractivity contribution in [2.24, 2.45) is 0 Å². The van der Waals surface area contributed by atoms with Crippen LogP contribution >= 0.6 is 0 Å². The van der Waals surface area contributed by atoms with Crippen LogP contribution in [0.5, 0.6) is 0 Å². The van der Waals surface area contributed by atoms with Crippen LogP contribution in [-0.4, -0.2) is 5.71 Å². The van der Waals surface area contributed by atoms with E-state index >= 15 is 0 Å². The molecule has 10 aromatic rings. The molecule has 12 rings (SSSR count). The van der Waals surface area contributed by atoms with Gasteiger partial charge in [0.15, 0.2) is 0 Å². The molecule has 0 amide bonds. The second kappa shape index (κ2) is 16.6. The first-order valence-corrected chi connectivity index (χ1v) is 22.9. The van der Waals surface area contributed by atoms with Gasteiger partial charge in [-0.2, -0.15) is 0 Å². The van der Waals surface area contributed by atoms with E-state index < -0.39 is 5.41 Å². The van der Waals surface area contributed by atoms with E-state index in [0.29, 0.717) is 5.71 Å². The first-order chi connectivity index (χ1) is 33.2. The average molecular weight is 856 g/mol. The van der Waals surface area contributed by atoms with E-state index in [4.69, 9.17) is 0 Å². The number of nitrogens with zero attached hydrogens (tertiary/aromatic N) is 1. The third-order valence-corrected chi connectivity index (χ3v) is 13.5. The van der Waals surface area contributed by atoms with Gasteiger partial charge in [0.1, 0.15) is 0 Å². The van der Waals surface area contributed by atoms with Crippen molar-refractivity contribution >= 4 is 56.6 Å². The van der Waals surface area contributed by atoms with Crippen molar-refractivity contribution in [1.82, 2.24) is 5.32 Å². The number of fused-ring (bicyclic) bond motifs is 5. The SMILES string of the molecule is N=C(/C(=C1\NC(c2ccccc2)=Cc2cc(N(c3cccc4c3-c3ccccc3C4(c3ccccc3)c3ccccc3)c3cccc4ccccc34)ccc21)c1ccccc1)c1ccccc1. The summed E-state index contributed by atoms with van der Waals surface area (Å²) in [6, 6.07) is 91.1. The Labute approximate surface area is 391 Å². The first-order valence-electron chi connectivity index (χ1n) is 22.9. The van der Waals surface area contributed by atoms with E-state index in [2.05, 4.69) is 235 Å². The highest BCUT2D eigenvalue weighted by Gasteiger charge is 2.47. The molecule has 0 saturated heterocycles. The molecule has 0 fully saturated rings. The zero-order valence-electron chi connectivity index (χ0n) is 36.8. The maximum absolute atomic E-state index is 9.85. The summed E-state index contributed by atoms with van der Waals surface area (Å²) in [5.41, 5.74) is 18.2. The van der Waals surface area contributed by atoms with Crippen molar-refractivity contribution in [3.63, 3.8) is 0 Å². The molecular formula is C64H45N3. The molecule has 316 valence electrons. The molecule has 0 bridgehead atoms. The van der Waals surface area contributed by atoms with Gasteiger partial charge in [0.25, 0.3) is 0 Å². The molecule has 2 aliphatic rings. The lowest BCUT2D eigenvalue weighted by atomic mass is 9.68. The van der Waals surface area contributed by atoms with E-state index in [9.17, 15) is 5.41 Å². The van der Waals surface area contributed by atoms with Gasteiger partial charge < -0.3 is 10.2 Å². The number of nitrogens with one attached hydrogen (secondary N) is 2. The molecule has 0 unspecified atom stereocenters. The molecule has 67 heavy (non-hydrogen) atoms. The molecule has 10 aromatic carbocycles. The zero-order chi connectivity index (χ0) is 44.7. The molecule has 3 nitrogen and oxygen atoms in total. The second-order valence-corrected chi connectivity index (χ2v) is 17.2. The van der Waals surface area contributed by atoms with Gasteiger partial charge in [-0.05, 0) is 80.2 Å². The van der Waals surface area contributed by atoms with Crippen LogP contribution in [0.2, 0.25) is 0 Å². The Morgan fingerprint density at radius 2 is 1.00 bits per heavy atom. The lowest BCUT2D eigenvalue weighted by molar-refractivity contribution is 0.768. The highest BCUT2D eigenvalue weighted by Crippen LogP contribution is 2.60. The molecular weight excluding hydrogens is 811 g/mol. The minimum Gasteiger partial charge on any atom is -0.354 e. The van der Waals surface area contributed by atoms with E-state index in [1.807, 2.05) is 36.4 Å². The normalized spacial score (nSPS) is 13.9. The Balaban J connectivity index is 1.15. The van der Waals surface area contributed by atoms with Gasteiger partial charge in [0.05, 0.1) is 28.2 Å². The fourth-order valence-electron chi connectivity index (χ4n) is 10.6. The molecule has 1 heterocycles. The van der Waals surface area contributed by atoms with Crippen molar-refractivity contribution in [3.8, 4) is 11.1 Å². The molecule has 0 aromatic heterocycles. The number of allylic oxidation sites excluding steroid dienone is 1. The predicted octanol–water partition coefficient (Wildman–Crippen LogP) is 15.7. The summed E-state index contributed by atoms with van der Waals surface area (Å²) in [5, 5.41) is 16.1. The smallest absolute Gasteiger partial charge is 0.0714 e. The Bertz CT molecular complexity index is 3490. The van der Waals surface area contributed by atoms with Crippen molar-refractivity contribution in [2.75, 3.05) is 4.90 Å². The molecule has 2 N–H and O–H groups in total. The number of benzene rings is 10. The first kappa shape index (κ1) is 39.8. The zero-order valence-corrected chi connectivity index (χ0v) is 36.8. The number of hydrogen-bond donors (Lipinski definition) is 2. The van der Waals surface area contributed by atoms with E-state index in [-0.39, 0.29) is 0 Å². The third kappa shape index (κ3) is 6.63. The van der Waals surface area contributed by atoms with Crippen LogP contribution in [0.15, 0.2) is 255 Å². The van der Waals surface area contributed by atoms with Crippen LogP contribution in [0.3, 0.4) is 0 Å². The molecule has 0 spiro atoms. The largest absolute Gasteiger partial charge is 0.354 e. The Kier molecular flexibility index (Phi) is 9.88. The van der Waals surface area contributed by atoms with E-state index in [1.165, 1.54) is 38.8 Å². The Morgan fingerprint density at radius 3 is 1.72 bits per heavy atom. The highest BCUT2D eigenvalue weighted by atomic mass is 15.1. The van der Waals surface area contributed by atoms with Crippen molar-refractivity contribution in [3.05, 3.63) is 305 Å². The molecule has 0 atom stereocenters. The topological polar surface area (TPSA) is 39.1 Å². The highest BCUT2D eigenvalue weighted by molar-refractivity contribution is 6.36. The number of anilines is 3. The predicted molar refractivity (Wildman–Crippen MR) is 280 cm³/mol. The van der Waals surface area contributed by atoms with Crippen molar-refractivity contribution in [1.29, 1.82) is 5.41 Å². The fourth-order valence-corrected chi connectivity index (χ4v) is 10.6. The van der Waals surface area contributed by atoms with Crippen LogP contribution in [0, 0.1) is 5.41 Å². The van der Waals surface area contributed by atoms with Gasteiger partial charge in [0.2, 0.25) is 0 Å². The maximum Gasteiger partial charge on any atom is 0.0714 e. The third-order valence-electron chi connectivity index (χ3n) is 13.5. The standard InChI is InChI=1S/C64H45N3/c65-62(47-27-10-3-11-28-47)60(46-25-8-2-9-26-46)63-53-41-40-51(42-48(53)43-57(66-63)45-23-6-1-7-24-45)67(58-38-20-29-44-22-16-17-34-52(44)58)59-39-21-37-56-61(59)54-35-18-19-36-55(54)64(56,49-30-12-4-13-31-49)50-32-14-5-15-33-50/h1-43,65-66H/b63-60-,65-62?. The Hall–Kier alpha value is -8.79. The van der Waals surface area contributed by atoms with Crippen molar-refractivity contribution < 1.29 is 0 Å². The summed E-state index contributed by atoms with van der Waals surface area (Å²) in [7, 11) is 0. The summed E-state index contributed by atoms with van der Waals surface area (Å²) in [4.78, 5) is 2.48. The quantitative estimate of drug-likeness (QED) is 0.142. The van der Waals surface area contributed by atoms with Gasteiger partial charge in [-0.15, -0.1) is 0 Å².